The van der Waals surface area contributed by atoms with Crippen LogP contribution in [0.25, 0.3) is 0 Å². The fourth-order valence-electron chi connectivity index (χ4n) is 2.66. The molecule has 3 nitrogen and oxygen atoms in total. The van der Waals surface area contributed by atoms with Crippen LogP contribution in [0.4, 0.5) is 5.69 Å². The molecular formula is C14H21BrN2O. The minimum Gasteiger partial charge on any atom is -0.394 e. The molecule has 1 aliphatic rings. The summed E-state index contributed by atoms with van der Waals surface area (Å²) in [4.78, 5) is 2.31. The second-order valence-corrected chi connectivity index (χ2v) is 5.93. The molecule has 2 unspecified atom stereocenters. The van der Waals surface area contributed by atoms with Crippen LogP contribution in [0.1, 0.15) is 37.8 Å². The zero-order valence-electron chi connectivity index (χ0n) is 10.8. The highest BCUT2D eigenvalue weighted by atomic mass is 79.9. The summed E-state index contributed by atoms with van der Waals surface area (Å²) < 4.78 is 1.05. The van der Waals surface area contributed by atoms with E-state index in [1.807, 2.05) is 13.0 Å². The Morgan fingerprint density at radius 1 is 1.50 bits per heavy atom. The first-order valence-corrected chi connectivity index (χ1v) is 7.35. The molecule has 3 N–H and O–H groups in total. The van der Waals surface area contributed by atoms with E-state index < -0.39 is 0 Å². The van der Waals surface area contributed by atoms with Gasteiger partial charge in [0.05, 0.1) is 12.6 Å². The van der Waals surface area contributed by atoms with Gasteiger partial charge >= 0.3 is 0 Å². The number of piperidine rings is 1. The molecule has 0 aromatic heterocycles. The van der Waals surface area contributed by atoms with Gasteiger partial charge in [0.2, 0.25) is 0 Å². The number of benzene rings is 1. The van der Waals surface area contributed by atoms with Gasteiger partial charge in [-0.2, -0.15) is 0 Å². The molecule has 1 saturated heterocycles. The number of hydrogen-bond acceptors (Lipinski definition) is 3. The van der Waals surface area contributed by atoms with Gasteiger partial charge in [-0.25, -0.2) is 0 Å². The Labute approximate surface area is 117 Å². The van der Waals surface area contributed by atoms with Gasteiger partial charge in [-0.05, 0) is 49.9 Å². The molecule has 0 bridgehead atoms. The van der Waals surface area contributed by atoms with Crippen LogP contribution in [0.5, 0.6) is 0 Å². The Kier molecular flexibility index (Phi) is 4.65. The van der Waals surface area contributed by atoms with Crippen LogP contribution in [0.3, 0.4) is 0 Å². The van der Waals surface area contributed by atoms with Gasteiger partial charge in [0.25, 0.3) is 0 Å². The van der Waals surface area contributed by atoms with E-state index in [9.17, 15) is 5.11 Å². The SMILES string of the molecule is CC(N)c1cc(Br)ccc1N1CCCCC1CO. The lowest BCUT2D eigenvalue weighted by Crippen LogP contribution is -2.42. The lowest BCUT2D eigenvalue weighted by atomic mass is 9.98. The van der Waals surface area contributed by atoms with Crippen molar-refractivity contribution in [2.75, 3.05) is 18.1 Å². The summed E-state index contributed by atoms with van der Waals surface area (Å²) in [6.45, 7) is 3.23. The third kappa shape index (κ3) is 2.87. The molecule has 2 rings (SSSR count). The quantitative estimate of drug-likeness (QED) is 0.902. The van der Waals surface area contributed by atoms with Crippen LogP contribution in [-0.2, 0) is 0 Å². The average Bonchev–Trinajstić information content (AvgIpc) is 2.38. The van der Waals surface area contributed by atoms with Crippen molar-refractivity contribution in [3.63, 3.8) is 0 Å². The van der Waals surface area contributed by atoms with Crippen molar-refractivity contribution >= 4 is 21.6 Å². The van der Waals surface area contributed by atoms with E-state index in [-0.39, 0.29) is 18.7 Å². The van der Waals surface area contributed by atoms with Gasteiger partial charge in [0.15, 0.2) is 0 Å². The second kappa shape index (κ2) is 6.04. The Morgan fingerprint density at radius 2 is 2.28 bits per heavy atom. The molecule has 1 aromatic rings. The third-order valence-electron chi connectivity index (χ3n) is 3.63. The molecule has 0 aliphatic carbocycles. The van der Waals surface area contributed by atoms with Crippen molar-refractivity contribution in [1.29, 1.82) is 0 Å². The number of aliphatic hydroxyl groups is 1. The van der Waals surface area contributed by atoms with Crippen molar-refractivity contribution in [2.24, 2.45) is 5.73 Å². The highest BCUT2D eigenvalue weighted by Gasteiger charge is 2.24. The highest BCUT2D eigenvalue weighted by molar-refractivity contribution is 9.10. The molecule has 1 aliphatic heterocycles. The van der Waals surface area contributed by atoms with E-state index in [4.69, 9.17) is 5.73 Å². The summed E-state index contributed by atoms with van der Waals surface area (Å²) in [5.41, 5.74) is 8.38. The fourth-order valence-corrected chi connectivity index (χ4v) is 3.04. The monoisotopic (exact) mass is 312 g/mol. The van der Waals surface area contributed by atoms with E-state index in [1.165, 1.54) is 18.5 Å². The number of nitrogens with zero attached hydrogens (tertiary/aromatic N) is 1. The molecule has 1 aromatic carbocycles. The Morgan fingerprint density at radius 3 is 2.94 bits per heavy atom. The largest absolute Gasteiger partial charge is 0.394 e. The lowest BCUT2D eigenvalue weighted by Gasteiger charge is -2.38. The summed E-state index contributed by atoms with van der Waals surface area (Å²) >= 11 is 3.50. The number of hydrogen-bond donors (Lipinski definition) is 2. The van der Waals surface area contributed by atoms with E-state index in [2.05, 4.69) is 33.0 Å². The second-order valence-electron chi connectivity index (χ2n) is 5.02. The third-order valence-corrected chi connectivity index (χ3v) is 4.12. The summed E-state index contributed by atoms with van der Waals surface area (Å²) in [7, 11) is 0. The number of halogens is 1. The van der Waals surface area contributed by atoms with Gasteiger partial charge in [-0.3, -0.25) is 0 Å². The Balaban J connectivity index is 2.36. The van der Waals surface area contributed by atoms with Gasteiger partial charge < -0.3 is 15.7 Å². The normalized spacial score (nSPS) is 22.0. The smallest absolute Gasteiger partial charge is 0.0635 e. The predicted molar refractivity (Wildman–Crippen MR) is 78.8 cm³/mol. The molecule has 1 heterocycles. The van der Waals surface area contributed by atoms with Crippen molar-refractivity contribution in [3.8, 4) is 0 Å². The van der Waals surface area contributed by atoms with Crippen LogP contribution in [0.15, 0.2) is 22.7 Å². The van der Waals surface area contributed by atoms with E-state index in [0.717, 1.165) is 23.0 Å². The van der Waals surface area contributed by atoms with Crippen molar-refractivity contribution < 1.29 is 5.11 Å². The predicted octanol–water partition coefficient (Wildman–Crippen LogP) is 2.82. The van der Waals surface area contributed by atoms with Gasteiger partial charge in [-0.15, -0.1) is 0 Å². The van der Waals surface area contributed by atoms with Crippen LogP contribution < -0.4 is 10.6 Å². The van der Waals surface area contributed by atoms with Crippen LogP contribution in [0.2, 0.25) is 0 Å². The van der Waals surface area contributed by atoms with E-state index in [1.54, 1.807) is 0 Å². The maximum atomic E-state index is 9.52. The van der Waals surface area contributed by atoms with Crippen molar-refractivity contribution in [1.82, 2.24) is 0 Å². The number of aliphatic hydroxyl groups excluding tert-OH is 1. The van der Waals surface area contributed by atoms with Gasteiger partial charge in [0, 0.05) is 22.7 Å². The maximum Gasteiger partial charge on any atom is 0.0635 e. The Hall–Kier alpha value is -0.580. The molecular weight excluding hydrogens is 292 g/mol. The maximum absolute atomic E-state index is 9.52. The minimum atomic E-state index is -0.00114. The summed E-state index contributed by atoms with van der Waals surface area (Å²) in [6, 6.07) is 6.47. The molecule has 0 spiro atoms. The first kappa shape index (κ1) is 13.8. The van der Waals surface area contributed by atoms with Gasteiger partial charge in [0.1, 0.15) is 0 Å². The molecule has 0 amide bonds. The standard InChI is InChI=1S/C14H21BrN2O/c1-10(16)13-8-11(15)5-6-14(13)17-7-3-2-4-12(17)9-18/h5-6,8,10,12,18H,2-4,7,9,16H2,1H3. The number of nitrogens with two attached hydrogens (primary N) is 1. The number of rotatable bonds is 3. The van der Waals surface area contributed by atoms with Crippen LogP contribution in [-0.4, -0.2) is 24.3 Å². The van der Waals surface area contributed by atoms with Crippen LogP contribution >= 0.6 is 15.9 Å². The van der Waals surface area contributed by atoms with Crippen LogP contribution in [0, 0.1) is 0 Å². The Bertz CT molecular complexity index is 409. The zero-order valence-corrected chi connectivity index (χ0v) is 12.4. The topological polar surface area (TPSA) is 49.5 Å². The van der Waals surface area contributed by atoms with Crippen molar-refractivity contribution in [3.05, 3.63) is 28.2 Å². The van der Waals surface area contributed by atoms with E-state index in [0.29, 0.717) is 0 Å². The molecule has 0 saturated carbocycles. The van der Waals surface area contributed by atoms with Crippen molar-refractivity contribution in [2.45, 2.75) is 38.3 Å². The highest BCUT2D eigenvalue weighted by Crippen LogP contribution is 2.32. The molecule has 18 heavy (non-hydrogen) atoms. The molecule has 4 heteroatoms. The summed E-state index contributed by atoms with van der Waals surface area (Å²) in [5, 5.41) is 9.52. The molecule has 1 fully saturated rings. The lowest BCUT2D eigenvalue weighted by molar-refractivity contribution is 0.240. The number of anilines is 1. The minimum absolute atomic E-state index is 0.00114. The summed E-state index contributed by atoms with van der Waals surface area (Å²) in [6.07, 6.45) is 3.45. The zero-order chi connectivity index (χ0) is 13.1. The average molecular weight is 313 g/mol. The molecule has 0 radical (unpaired) electrons. The van der Waals surface area contributed by atoms with Gasteiger partial charge in [-0.1, -0.05) is 15.9 Å². The molecule has 2 atom stereocenters. The first-order valence-electron chi connectivity index (χ1n) is 6.56. The first-order chi connectivity index (χ1) is 8.63. The fraction of sp³-hybridized carbons (Fsp3) is 0.571. The molecule has 100 valence electrons. The van der Waals surface area contributed by atoms with E-state index >= 15 is 0 Å². The summed E-state index contributed by atoms with van der Waals surface area (Å²) in [5.74, 6) is 0.